The number of piperidine rings is 1. The van der Waals surface area contributed by atoms with Crippen LogP contribution in [0.25, 0.3) is 11.3 Å². The Morgan fingerprint density at radius 1 is 1.15 bits per heavy atom. The molecule has 2 aromatic rings. The molecule has 144 valence electrons. The third kappa shape index (κ3) is 4.15. The van der Waals surface area contributed by atoms with E-state index in [4.69, 9.17) is 9.15 Å². The van der Waals surface area contributed by atoms with Gasteiger partial charge in [0, 0.05) is 18.7 Å². The summed E-state index contributed by atoms with van der Waals surface area (Å²) in [5.74, 6) is -0.618. The van der Waals surface area contributed by atoms with E-state index in [1.165, 1.54) is 31.4 Å². The smallest absolute Gasteiger partial charge is 0.416 e. The number of halogens is 3. The number of ether oxygens (including phenoxy) is 1. The van der Waals surface area contributed by atoms with Crippen LogP contribution in [0.2, 0.25) is 0 Å². The fraction of sp³-hybridized carbons (Fsp3) is 0.368. The summed E-state index contributed by atoms with van der Waals surface area (Å²) in [4.78, 5) is 25.7. The second-order valence-corrected chi connectivity index (χ2v) is 6.33. The Bertz CT molecular complexity index is 835. The maximum atomic E-state index is 12.8. The van der Waals surface area contributed by atoms with E-state index in [9.17, 15) is 22.8 Å². The summed E-state index contributed by atoms with van der Waals surface area (Å²) in [5.41, 5.74) is -0.539. The zero-order valence-electron chi connectivity index (χ0n) is 14.6. The molecule has 0 spiro atoms. The number of carbonyl (C=O) groups excluding carboxylic acids is 2. The van der Waals surface area contributed by atoms with Crippen LogP contribution in [-0.2, 0) is 15.7 Å². The fourth-order valence-corrected chi connectivity index (χ4v) is 3.10. The zero-order valence-corrected chi connectivity index (χ0v) is 14.6. The van der Waals surface area contributed by atoms with E-state index in [0.29, 0.717) is 25.9 Å². The first-order valence-corrected chi connectivity index (χ1v) is 8.44. The van der Waals surface area contributed by atoms with E-state index >= 15 is 0 Å². The number of rotatable bonds is 3. The van der Waals surface area contributed by atoms with Gasteiger partial charge in [-0.1, -0.05) is 12.1 Å². The maximum absolute atomic E-state index is 12.8. The highest BCUT2D eigenvalue weighted by Crippen LogP contribution is 2.33. The second kappa shape index (κ2) is 7.46. The van der Waals surface area contributed by atoms with Crippen molar-refractivity contribution in [3.8, 4) is 11.3 Å². The van der Waals surface area contributed by atoms with Crippen molar-refractivity contribution in [3.05, 3.63) is 47.7 Å². The first-order valence-electron chi connectivity index (χ1n) is 8.44. The summed E-state index contributed by atoms with van der Waals surface area (Å²) >= 11 is 0. The normalized spacial score (nSPS) is 15.6. The van der Waals surface area contributed by atoms with Gasteiger partial charge in [-0.05, 0) is 37.1 Å². The first kappa shape index (κ1) is 19.0. The number of nitrogens with zero attached hydrogens (tertiary/aromatic N) is 1. The van der Waals surface area contributed by atoms with E-state index in [1.807, 2.05) is 0 Å². The average Bonchev–Trinajstić information content (AvgIpc) is 3.16. The highest BCUT2D eigenvalue weighted by molar-refractivity contribution is 5.92. The number of alkyl halides is 3. The minimum Gasteiger partial charge on any atom is -0.469 e. The molecule has 1 saturated heterocycles. The lowest BCUT2D eigenvalue weighted by Crippen LogP contribution is -2.40. The van der Waals surface area contributed by atoms with Crippen LogP contribution < -0.4 is 0 Å². The fourth-order valence-electron chi connectivity index (χ4n) is 3.10. The van der Waals surface area contributed by atoms with E-state index in [0.717, 1.165) is 12.1 Å². The van der Waals surface area contributed by atoms with Crippen molar-refractivity contribution in [2.24, 2.45) is 5.92 Å². The van der Waals surface area contributed by atoms with Crippen molar-refractivity contribution in [1.29, 1.82) is 0 Å². The Kier molecular flexibility index (Phi) is 5.25. The molecule has 5 nitrogen and oxygen atoms in total. The molecule has 1 aliphatic rings. The number of esters is 1. The van der Waals surface area contributed by atoms with Crippen molar-refractivity contribution in [3.63, 3.8) is 0 Å². The predicted octanol–water partition coefficient (Wildman–Crippen LogP) is 3.99. The van der Waals surface area contributed by atoms with Crippen LogP contribution in [0.4, 0.5) is 13.2 Å². The van der Waals surface area contributed by atoms with E-state index in [2.05, 4.69) is 0 Å². The minimum atomic E-state index is -4.45. The number of hydrogen-bond donors (Lipinski definition) is 0. The molecule has 1 aliphatic heterocycles. The van der Waals surface area contributed by atoms with E-state index in [-0.39, 0.29) is 34.9 Å². The number of hydrogen-bond acceptors (Lipinski definition) is 4. The van der Waals surface area contributed by atoms with Gasteiger partial charge in [-0.2, -0.15) is 13.2 Å². The molecule has 2 heterocycles. The summed E-state index contributed by atoms with van der Waals surface area (Å²) in [6.07, 6.45) is -3.45. The van der Waals surface area contributed by atoms with Gasteiger partial charge in [-0.15, -0.1) is 0 Å². The molecule has 3 rings (SSSR count). The van der Waals surface area contributed by atoms with Crippen molar-refractivity contribution in [1.82, 2.24) is 4.90 Å². The molecule has 1 aromatic carbocycles. The van der Waals surface area contributed by atoms with Crippen molar-refractivity contribution in [2.45, 2.75) is 19.0 Å². The predicted molar refractivity (Wildman–Crippen MR) is 89.8 cm³/mol. The number of likely N-dealkylation sites (tertiary alicyclic amines) is 1. The van der Waals surface area contributed by atoms with Gasteiger partial charge in [0.2, 0.25) is 0 Å². The Morgan fingerprint density at radius 3 is 2.48 bits per heavy atom. The lowest BCUT2D eigenvalue weighted by molar-refractivity contribution is -0.146. The third-order valence-electron chi connectivity index (χ3n) is 4.61. The highest BCUT2D eigenvalue weighted by atomic mass is 19.4. The maximum Gasteiger partial charge on any atom is 0.416 e. The molecule has 0 atom stereocenters. The number of amides is 1. The Morgan fingerprint density at radius 2 is 1.85 bits per heavy atom. The Labute approximate surface area is 153 Å². The largest absolute Gasteiger partial charge is 0.469 e. The van der Waals surface area contributed by atoms with Gasteiger partial charge in [0.05, 0.1) is 18.6 Å². The number of furan rings is 1. The molecule has 0 saturated carbocycles. The summed E-state index contributed by atoms with van der Waals surface area (Å²) in [5, 5.41) is 0. The van der Waals surface area contributed by atoms with Gasteiger partial charge in [0.15, 0.2) is 5.76 Å². The van der Waals surface area contributed by atoms with Gasteiger partial charge in [-0.3, -0.25) is 9.59 Å². The first-order chi connectivity index (χ1) is 12.8. The van der Waals surface area contributed by atoms with Gasteiger partial charge < -0.3 is 14.1 Å². The van der Waals surface area contributed by atoms with Crippen molar-refractivity contribution < 1.29 is 31.9 Å². The molecule has 0 aliphatic carbocycles. The van der Waals surface area contributed by atoms with Crippen molar-refractivity contribution in [2.75, 3.05) is 20.2 Å². The van der Waals surface area contributed by atoms with Crippen molar-refractivity contribution >= 4 is 11.9 Å². The number of benzene rings is 1. The summed E-state index contributed by atoms with van der Waals surface area (Å²) in [6.45, 7) is 0.774. The molecule has 0 N–H and O–H groups in total. The monoisotopic (exact) mass is 381 g/mol. The van der Waals surface area contributed by atoms with E-state index in [1.54, 1.807) is 4.90 Å². The van der Waals surface area contributed by atoms with Crippen LogP contribution in [0.1, 0.15) is 29.0 Å². The Hall–Kier alpha value is -2.77. The zero-order chi connectivity index (χ0) is 19.6. The quantitative estimate of drug-likeness (QED) is 0.755. The molecule has 0 unspecified atom stereocenters. The molecule has 0 bridgehead atoms. The lowest BCUT2D eigenvalue weighted by atomic mass is 9.97. The van der Waals surface area contributed by atoms with Crippen LogP contribution in [0.3, 0.4) is 0 Å². The standard InChI is InChI=1S/C19H18F3NO4/c1-26-18(25)12-7-9-23(10-8-12)17(24)16-6-5-15(27-16)13-3-2-4-14(11-13)19(20,21)22/h2-6,11-12H,7-10H2,1H3. The molecule has 1 amide bonds. The Balaban J connectivity index is 1.71. The molecule has 1 aromatic heterocycles. The molecular weight excluding hydrogens is 363 g/mol. The number of methoxy groups -OCH3 is 1. The molecule has 0 radical (unpaired) electrons. The van der Waals surface area contributed by atoms with Gasteiger partial charge in [0.25, 0.3) is 5.91 Å². The lowest BCUT2D eigenvalue weighted by Gasteiger charge is -2.30. The summed E-state index contributed by atoms with van der Waals surface area (Å²) in [6, 6.07) is 7.66. The van der Waals surface area contributed by atoms with Crippen LogP contribution in [0, 0.1) is 5.92 Å². The van der Waals surface area contributed by atoms with Crippen LogP contribution >= 0.6 is 0 Å². The molecular formula is C19H18F3NO4. The van der Waals surface area contributed by atoms with Gasteiger partial charge >= 0.3 is 12.1 Å². The summed E-state index contributed by atoms with van der Waals surface area (Å²) < 4.78 is 48.8. The molecule has 27 heavy (non-hydrogen) atoms. The third-order valence-corrected chi connectivity index (χ3v) is 4.61. The van der Waals surface area contributed by atoms with Gasteiger partial charge in [0.1, 0.15) is 5.76 Å². The van der Waals surface area contributed by atoms with E-state index < -0.39 is 11.7 Å². The van der Waals surface area contributed by atoms with Gasteiger partial charge in [-0.25, -0.2) is 0 Å². The van der Waals surface area contributed by atoms with Crippen LogP contribution in [-0.4, -0.2) is 37.0 Å². The van der Waals surface area contributed by atoms with Crippen LogP contribution in [0.5, 0.6) is 0 Å². The highest BCUT2D eigenvalue weighted by Gasteiger charge is 2.31. The minimum absolute atomic E-state index is 0.0546. The SMILES string of the molecule is COC(=O)C1CCN(C(=O)c2ccc(-c3cccc(C(F)(F)F)c3)o2)CC1. The topological polar surface area (TPSA) is 59.8 Å². The number of carbonyl (C=O) groups is 2. The molecule has 8 heteroatoms. The van der Waals surface area contributed by atoms with Crippen LogP contribution in [0.15, 0.2) is 40.8 Å². The average molecular weight is 381 g/mol. The summed E-state index contributed by atoms with van der Waals surface area (Å²) in [7, 11) is 1.33. The molecule has 1 fully saturated rings. The second-order valence-electron chi connectivity index (χ2n) is 6.33.